The molecule has 0 atom stereocenters. The molecule has 0 aliphatic carbocycles. The molecule has 6 heteroatoms. The van der Waals surface area contributed by atoms with E-state index in [0.29, 0.717) is 27.7 Å². The molecule has 3 aromatic carbocycles. The molecule has 30 heavy (non-hydrogen) atoms. The zero-order valence-corrected chi connectivity index (χ0v) is 17.1. The molecule has 0 aliphatic heterocycles. The molecular weight excluding hydrogens is 399 g/mol. The molecule has 0 radical (unpaired) electrons. The van der Waals surface area contributed by atoms with Crippen LogP contribution in [0.3, 0.4) is 0 Å². The van der Waals surface area contributed by atoms with Crippen molar-refractivity contribution in [1.82, 2.24) is 4.98 Å². The van der Waals surface area contributed by atoms with Crippen molar-refractivity contribution in [3.05, 3.63) is 89.6 Å². The van der Waals surface area contributed by atoms with E-state index in [1.165, 1.54) is 17.4 Å². The van der Waals surface area contributed by atoms with Crippen LogP contribution in [-0.4, -0.2) is 18.0 Å². The van der Waals surface area contributed by atoms with E-state index in [4.69, 9.17) is 4.74 Å². The summed E-state index contributed by atoms with van der Waals surface area (Å²) in [5, 5.41) is 5.43. The second-order valence-corrected chi connectivity index (χ2v) is 7.46. The minimum absolute atomic E-state index is 0.156. The van der Waals surface area contributed by atoms with Crippen molar-refractivity contribution in [2.24, 2.45) is 0 Å². The Kier molecular flexibility index (Phi) is 5.86. The highest BCUT2D eigenvalue weighted by Crippen LogP contribution is 2.33. The van der Waals surface area contributed by atoms with Crippen LogP contribution in [0.25, 0.3) is 21.8 Å². The van der Waals surface area contributed by atoms with Gasteiger partial charge in [-0.2, -0.15) is 0 Å². The van der Waals surface area contributed by atoms with Gasteiger partial charge in [-0.05, 0) is 24.3 Å². The van der Waals surface area contributed by atoms with Gasteiger partial charge in [-0.25, -0.2) is 9.37 Å². The van der Waals surface area contributed by atoms with E-state index < -0.39 is 0 Å². The van der Waals surface area contributed by atoms with E-state index in [1.807, 2.05) is 53.9 Å². The lowest BCUT2D eigenvalue weighted by molar-refractivity contribution is -0.115. The predicted octanol–water partition coefficient (Wildman–Crippen LogP) is 5.81. The van der Waals surface area contributed by atoms with Gasteiger partial charge in [-0.3, -0.25) is 4.79 Å². The molecule has 0 aliphatic rings. The maximum absolute atomic E-state index is 14.1. The normalized spacial score (nSPS) is 10.6. The number of anilines is 1. The van der Waals surface area contributed by atoms with Crippen molar-refractivity contribution in [3.8, 4) is 27.6 Å². The van der Waals surface area contributed by atoms with Crippen LogP contribution in [0, 0.1) is 5.82 Å². The number of para-hydroxylation sites is 2. The van der Waals surface area contributed by atoms with E-state index in [-0.39, 0.29) is 18.1 Å². The molecule has 0 saturated heterocycles. The summed E-state index contributed by atoms with van der Waals surface area (Å²) in [5.41, 5.74) is 3.40. The summed E-state index contributed by atoms with van der Waals surface area (Å²) in [6, 6.07) is 21.5. The first-order valence-corrected chi connectivity index (χ1v) is 10.3. The Morgan fingerprint density at radius 1 is 1.00 bits per heavy atom. The highest BCUT2D eigenvalue weighted by Gasteiger charge is 2.15. The number of nitrogens with one attached hydrogen (secondary N) is 1. The SMILES string of the molecule is COc1ccccc1CC(=O)Nc1ccccc1-c1csc(-c2ccccc2F)n1. The maximum atomic E-state index is 14.1. The van der Waals surface area contributed by atoms with E-state index in [2.05, 4.69) is 10.3 Å². The minimum atomic E-state index is -0.309. The molecule has 0 unspecified atom stereocenters. The van der Waals surface area contributed by atoms with Crippen LogP contribution < -0.4 is 10.1 Å². The number of halogens is 1. The van der Waals surface area contributed by atoms with Crippen LogP contribution in [0.4, 0.5) is 10.1 Å². The van der Waals surface area contributed by atoms with Crippen molar-refractivity contribution >= 4 is 22.9 Å². The molecule has 4 rings (SSSR count). The monoisotopic (exact) mass is 418 g/mol. The van der Waals surface area contributed by atoms with Crippen molar-refractivity contribution in [1.29, 1.82) is 0 Å². The maximum Gasteiger partial charge on any atom is 0.228 e. The number of benzene rings is 3. The molecule has 1 aromatic heterocycles. The number of thiazole rings is 1. The lowest BCUT2D eigenvalue weighted by Crippen LogP contribution is -2.15. The first kappa shape index (κ1) is 19.8. The number of ether oxygens (including phenoxy) is 1. The molecule has 0 saturated carbocycles. The molecule has 0 fully saturated rings. The van der Waals surface area contributed by atoms with Crippen LogP contribution in [0.2, 0.25) is 0 Å². The van der Waals surface area contributed by atoms with Crippen molar-refractivity contribution in [2.45, 2.75) is 6.42 Å². The number of carbonyl (C=O) groups excluding carboxylic acids is 1. The Morgan fingerprint density at radius 2 is 1.70 bits per heavy atom. The fourth-order valence-electron chi connectivity index (χ4n) is 3.19. The van der Waals surface area contributed by atoms with Crippen molar-refractivity contribution in [3.63, 3.8) is 0 Å². The molecule has 150 valence electrons. The van der Waals surface area contributed by atoms with E-state index >= 15 is 0 Å². The summed E-state index contributed by atoms with van der Waals surface area (Å²) in [4.78, 5) is 17.3. The Morgan fingerprint density at radius 3 is 2.50 bits per heavy atom. The molecule has 0 spiro atoms. The van der Waals surface area contributed by atoms with Gasteiger partial charge < -0.3 is 10.1 Å². The molecular formula is C24H19FN2O2S. The van der Waals surface area contributed by atoms with Gasteiger partial charge >= 0.3 is 0 Å². The average Bonchev–Trinajstić information content (AvgIpc) is 3.24. The predicted molar refractivity (Wildman–Crippen MR) is 118 cm³/mol. The number of rotatable bonds is 6. The summed E-state index contributed by atoms with van der Waals surface area (Å²) in [6.45, 7) is 0. The summed E-state index contributed by atoms with van der Waals surface area (Å²) < 4.78 is 19.4. The van der Waals surface area contributed by atoms with Crippen LogP contribution >= 0.6 is 11.3 Å². The fraction of sp³-hybridized carbons (Fsp3) is 0.0833. The van der Waals surface area contributed by atoms with Crippen molar-refractivity contribution in [2.75, 3.05) is 12.4 Å². The summed E-state index contributed by atoms with van der Waals surface area (Å²) in [5.74, 6) is 0.211. The van der Waals surface area contributed by atoms with E-state index in [0.717, 1.165) is 11.1 Å². The number of hydrogen-bond donors (Lipinski definition) is 1. The summed E-state index contributed by atoms with van der Waals surface area (Å²) >= 11 is 1.37. The Hall–Kier alpha value is -3.51. The quantitative estimate of drug-likeness (QED) is 0.430. The lowest BCUT2D eigenvalue weighted by atomic mass is 10.1. The number of amides is 1. The van der Waals surface area contributed by atoms with Crippen LogP contribution in [-0.2, 0) is 11.2 Å². The summed E-state index contributed by atoms with van der Waals surface area (Å²) in [7, 11) is 1.58. The Bertz CT molecular complexity index is 1190. The van der Waals surface area contributed by atoms with E-state index in [9.17, 15) is 9.18 Å². The highest BCUT2D eigenvalue weighted by molar-refractivity contribution is 7.13. The first-order valence-electron chi connectivity index (χ1n) is 9.37. The molecule has 1 heterocycles. The van der Waals surface area contributed by atoms with Gasteiger partial charge in [0.1, 0.15) is 16.6 Å². The van der Waals surface area contributed by atoms with Crippen LogP contribution in [0.15, 0.2) is 78.2 Å². The zero-order chi connectivity index (χ0) is 20.9. The van der Waals surface area contributed by atoms with Gasteiger partial charge in [0.2, 0.25) is 5.91 Å². The average molecular weight is 418 g/mol. The second-order valence-electron chi connectivity index (χ2n) is 6.60. The number of methoxy groups -OCH3 is 1. The summed E-state index contributed by atoms with van der Waals surface area (Å²) in [6.07, 6.45) is 0.190. The molecule has 1 amide bonds. The van der Waals surface area contributed by atoms with Gasteiger partial charge in [0.25, 0.3) is 0 Å². The lowest BCUT2D eigenvalue weighted by Gasteiger charge is -2.11. The molecule has 4 nitrogen and oxygen atoms in total. The van der Waals surface area contributed by atoms with Crippen LogP contribution in [0.5, 0.6) is 5.75 Å². The first-order chi connectivity index (χ1) is 14.7. The van der Waals surface area contributed by atoms with Gasteiger partial charge in [-0.15, -0.1) is 11.3 Å². The smallest absolute Gasteiger partial charge is 0.228 e. The molecule has 1 N–H and O–H groups in total. The van der Waals surface area contributed by atoms with Gasteiger partial charge in [0.05, 0.1) is 24.9 Å². The van der Waals surface area contributed by atoms with Gasteiger partial charge in [-0.1, -0.05) is 48.5 Å². The highest BCUT2D eigenvalue weighted by atomic mass is 32.1. The fourth-order valence-corrected chi connectivity index (χ4v) is 4.03. The van der Waals surface area contributed by atoms with Crippen molar-refractivity contribution < 1.29 is 13.9 Å². The minimum Gasteiger partial charge on any atom is -0.496 e. The number of aromatic nitrogens is 1. The number of hydrogen-bond acceptors (Lipinski definition) is 4. The second kappa shape index (κ2) is 8.88. The molecule has 0 bridgehead atoms. The van der Waals surface area contributed by atoms with Gasteiger partial charge in [0.15, 0.2) is 0 Å². The Balaban J connectivity index is 1.58. The zero-order valence-electron chi connectivity index (χ0n) is 16.3. The van der Waals surface area contributed by atoms with Crippen LogP contribution in [0.1, 0.15) is 5.56 Å². The largest absolute Gasteiger partial charge is 0.496 e. The number of carbonyl (C=O) groups is 1. The molecule has 4 aromatic rings. The number of nitrogens with zero attached hydrogens (tertiary/aromatic N) is 1. The Labute approximate surface area is 178 Å². The standard InChI is InChI=1S/C24H19FN2O2S/c1-29-22-13-7-2-8-16(22)14-23(28)26-20-12-6-4-10-18(20)21-15-30-24(27-21)17-9-3-5-11-19(17)25/h2-13,15H,14H2,1H3,(H,26,28). The van der Waals surface area contributed by atoms with Gasteiger partial charge in [0, 0.05) is 22.1 Å². The van der Waals surface area contributed by atoms with E-state index in [1.54, 1.807) is 25.3 Å². The topological polar surface area (TPSA) is 51.2 Å². The third-order valence-electron chi connectivity index (χ3n) is 4.63. The third-order valence-corrected chi connectivity index (χ3v) is 5.50. The third kappa shape index (κ3) is 4.23.